The van der Waals surface area contributed by atoms with Crippen molar-refractivity contribution >= 4 is 11.8 Å². The van der Waals surface area contributed by atoms with Crippen LogP contribution in [0.25, 0.3) is 0 Å². The zero-order valence-electron chi connectivity index (χ0n) is 8.86. The molecule has 0 saturated carbocycles. The van der Waals surface area contributed by atoms with E-state index in [1.165, 1.54) is 6.07 Å². The maximum Gasteiger partial charge on any atom is 0.252 e. The Bertz CT molecular complexity index is 460. The number of amides is 2. The standard InChI is InChI=1S/C12H12N2O2/c1-3-8(2)14-12(16)10-6-4-5-9(7-10)11(13)15/h1,4-8H,2H3,(H2,13,15)(H,14,16). The molecule has 4 heteroatoms. The first kappa shape index (κ1) is 11.8. The van der Waals surface area contributed by atoms with Crippen LogP contribution in [0.3, 0.4) is 0 Å². The second-order valence-electron chi connectivity index (χ2n) is 3.31. The Labute approximate surface area is 93.8 Å². The first-order valence-electron chi connectivity index (χ1n) is 4.71. The van der Waals surface area contributed by atoms with Crippen LogP contribution < -0.4 is 11.1 Å². The monoisotopic (exact) mass is 216 g/mol. The largest absolute Gasteiger partial charge is 0.366 e. The van der Waals surface area contributed by atoms with Gasteiger partial charge in [0.25, 0.3) is 5.91 Å². The highest BCUT2D eigenvalue weighted by Gasteiger charge is 2.09. The second-order valence-corrected chi connectivity index (χ2v) is 3.31. The van der Waals surface area contributed by atoms with Crippen LogP contribution in [-0.2, 0) is 0 Å². The van der Waals surface area contributed by atoms with Crippen molar-refractivity contribution in [3.05, 3.63) is 35.4 Å². The molecule has 1 aromatic rings. The molecule has 1 aromatic carbocycles. The van der Waals surface area contributed by atoms with Crippen molar-refractivity contribution in [2.24, 2.45) is 5.73 Å². The first-order valence-corrected chi connectivity index (χ1v) is 4.71. The molecule has 0 heterocycles. The molecule has 0 saturated heterocycles. The Balaban J connectivity index is 2.89. The number of rotatable bonds is 3. The quantitative estimate of drug-likeness (QED) is 0.724. The van der Waals surface area contributed by atoms with Gasteiger partial charge in [-0.05, 0) is 25.1 Å². The third-order valence-corrected chi connectivity index (χ3v) is 2.01. The van der Waals surface area contributed by atoms with E-state index in [0.717, 1.165) is 0 Å². The number of benzene rings is 1. The van der Waals surface area contributed by atoms with Crippen molar-refractivity contribution < 1.29 is 9.59 Å². The SMILES string of the molecule is C#CC(C)NC(=O)c1cccc(C(N)=O)c1. The van der Waals surface area contributed by atoms with Crippen LogP contribution in [0.1, 0.15) is 27.6 Å². The molecule has 3 N–H and O–H groups in total. The first-order chi connectivity index (χ1) is 7.54. The zero-order valence-corrected chi connectivity index (χ0v) is 8.86. The Morgan fingerprint density at radius 2 is 2.06 bits per heavy atom. The molecule has 4 nitrogen and oxygen atoms in total. The van der Waals surface area contributed by atoms with Gasteiger partial charge in [-0.25, -0.2) is 0 Å². The van der Waals surface area contributed by atoms with Crippen molar-refractivity contribution in [3.8, 4) is 12.3 Å². The van der Waals surface area contributed by atoms with Crippen molar-refractivity contribution in [1.82, 2.24) is 5.32 Å². The number of hydrogen-bond donors (Lipinski definition) is 2. The minimum absolute atomic E-state index is 0.293. The zero-order chi connectivity index (χ0) is 12.1. The molecule has 0 spiro atoms. The molecule has 82 valence electrons. The van der Waals surface area contributed by atoms with Crippen molar-refractivity contribution in [2.45, 2.75) is 13.0 Å². The minimum atomic E-state index is -0.570. The topological polar surface area (TPSA) is 72.2 Å². The van der Waals surface area contributed by atoms with Gasteiger partial charge in [0, 0.05) is 11.1 Å². The van der Waals surface area contributed by atoms with Gasteiger partial charge in [0.15, 0.2) is 0 Å². The number of nitrogens with one attached hydrogen (secondary N) is 1. The lowest BCUT2D eigenvalue weighted by Gasteiger charge is -2.07. The van der Waals surface area contributed by atoms with Gasteiger partial charge in [-0.3, -0.25) is 9.59 Å². The molecule has 0 aromatic heterocycles. The van der Waals surface area contributed by atoms with Gasteiger partial charge >= 0.3 is 0 Å². The van der Waals surface area contributed by atoms with Gasteiger partial charge in [-0.2, -0.15) is 0 Å². The lowest BCUT2D eigenvalue weighted by atomic mass is 10.1. The summed E-state index contributed by atoms with van der Waals surface area (Å²) in [5.41, 5.74) is 5.76. The summed E-state index contributed by atoms with van der Waals surface area (Å²) < 4.78 is 0. The van der Waals surface area contributed by atoms with E-state index in [1.807, 2.05) is 0 Å². The third-order valence-electron chi connectivity index (χ3n) is 2.01. The van der Waals surface area contributed by atoms with Gasteiger partial charge in [0.05, 0.1) is 6.04 Å². The summed E-state index contributed by atoms with van der Waals surface area (Å²) in [7, 11) is 0. The van der Waals surface area contributed by atoms with Gasteiger partial charge in [-0.1, -0.05) is 12.0 Å². The summed E-state index contributed by atoms with van der Waals surface area (Å²) in [5, 5.41) is 2.58. The molecular weight excluding hydrogens is 204 g/mol. The van der Waals surface area contributed by atoms with E-state index in [2.05, 4.69) is 11.2 Å². The Kier molecular flexibility index (Phi) is 3.67. The highest BCUT2D eigenvalue weighted by atomic mass is 16.2. The number of terminal acetylenes is 1. The van der Waals surface area contributed by atoms with Gasteiger partial charge < -0.3 is 11.1 Å². The van der Waals surface area contributed by atoms with E-state index in [4.69, 9.17) is 12.2 Å². The fraction of sp³-hybridized carbons (Fsp3) is 0.167. The number of primary amides is 1. The normalized spacial score (nSPS) is 11.2. The molecule has 0 aliphatic rings. The number of nitrogens with two attached hydrogens (primary N) is 1. The molecule has 2 amide bonds. The predicted octanol–water partition coefficient (Wildman–Crippen LogP) is 0.537. The smallest absolute Gasteiger partial charge is 0.252 e. The van der Waals surface area contributed by atoms with Gasteiger partial charge in [-0.15, -0.1) is 6.42 Å². The molecule has 0 bridgehead atoms. The van der Waals surface area contributed by atoms with Crippen LogP contribution in [0.2, 0.25) is 0 Å². The van der Waals surface area contributed by atoms with Crippen LogP contribution >= 0.6 is 0 Å². The van der Waals surface area contributed by atoms with Crippen molar-refractivity contribution in [1.29, 1.82) is 0 Å². The summed E-state index contributed by atoms with van der Waals surface area (Å²) >= 11 is 0. The average molecular weight is 216 g/mol. The second kappa shape index (κ2) is 4.99. The molecule has 16 heavy (non-hydrogen) atoms. The molecule has 0 radical (unpaired) electrons. The molecular formula is C12H12N2O2. The van der Waals surface area contributed by atoms with Crippen molar-refractivity contribution in [3.63, 3.8) is 0 Å². The Hall–Kier alpha value is -2.28. The van der Waals surface area contributed by atoms with E-state index in [1.54, 1.807) is 25.1 Å². The molecule has 1 atom stereocenters. The average Bonchev–Trinajstić information content (AvgIpc) is 2.28. The lowest BCUT2D eigenvalue weighted by Crippen LogP contribution is -2.31. The van der Waals surface area contributed by atoms with Crippen LogP contribution in [-0.4, -0.2) is 17.9 Å². The highest BCUT2D eigenvalue weighted by molar-refractivity contribution is 5.99. The number of carbonyl (C=O) groups is 2. The molecule has 1 unspecified atom stereocenters. The fourth-order valence-electron chi connectivity index (χ4n) is 1.14. The fourth-order valence-corrected chi connectivity index (χ4v) is 1.14. The predicted molar refractivity (Wildman–Crippen MR) is 60.7 cm³/mol. The minimum Gasteiger partial charge on any atom is -0.366 e. The number of carbonyl (C=O) groups excluding carboxylic acids is 2. The maximum atomic E-state index is 11.6. The van der Waals surface area contributed by atoms with Crippen molar-refractivity contribution in [2.75, 3.05) is 0 Å². The van der Waals surface area contributed by atoms with Crippen LogP contribution in [0.4, 0.5) is 0 Å². The summed E-state index contributed by atoms with van der Waals surface area (Å²) in [6.07, 6.45) is 5.14. The summed E-state index contributed by atoms with van der Waals surface area (Å²) in [4.78, 5) is 22.5. The summed E-state index contributed by atoms with van der Waals surface area (Å²) in [6, 6.07) is 5.80. The number of hydrogen-bond acceptors (Lipinski definition) is 2. The third kappa shape index (κ3) is 2.85. The Morgan fingerprint density at radius 1 is 1.44 bits per heavy atom. The maximum absolute atomic E-state index is 11.6. The van der Waals surface area contributed by atoms with Crippen LogP contribution in [0, 0.1) is 12.3 Å². The van der Waals surface area contributed by atoms with E-state index in [9.17, 15) is 9.59 Å². The summed E-state index contributed by atoms with van der Waals surface area (Å²) in [5.74, 6) is 1.48. The lowest BCUT2D eigenvalue weighted by molar-refractivity contribution is 0.0948. The molecule has 0 fully saturated rings. The van der Waals surface area contributed by atoms with Crippen LogP contribution in [0.15, 0.2) is 24.3 Å². The van der Waals surface area contributed by atoms with E-state index < -0.39 is 5.91 Å². The van der Waals surface area contributed by atoms with Gasteiger partial charge in [0.2, 0.25) is 5.91 Å². The van der Waals surface area contributed by atoms with E-state index in [-0.39, 0.29) is 11.9 Å². The Morgan fingerprint density at radius 3 is 2.62 bits per heavy atom. The van der Waals surface area contributed by atoms with Gasteiger partial charge in [0.1, 0.15) is 0 Å². The summed E-state index contributed by atoms with van der Waals surface area (Å²) in [6.45, 7) is 1.69. The molecule has 0 aliphatic heterocycles. The highest BCUT2D eigenvalue weighted by Crippen LogP contribution is 2.04. The van der Waals surface area contributed by atoms with E-state index >= 15 is 0 Å². The molecule has 1 rings (SSSR count). The van der Waals surface area contributed by atoms with Crippen LogP contribution in [0.5, 0.6) is 0 Å². The van der Waals surface area contributed by atoms with E-state index in [0.29, 0.717) is 11.1 Å². The molecule has 0 aliphatic carbocycles.